The molecule has 26 heavy (non-hydrogen) atoms. The number of benzene rings is 2. The number of ketones is 1. The van der Waals surface area contributed by atoms with Crippen LogP contribution in [0.4, 0.5) is 0 Å². The number of Topliss-reactive ketones (excluding diaryl/α,β-unsaturated/α-hetero) is 1. The van der Waals surface area contributed by atoms with Crippen LogP contribution in [-0.2, 0) is 4.57 Å². The van der Waals surface area contributed by atoms with Crippen molar-refractivity contribution in [2.75, 3.05) is 21.3 Å². The van der Waals surface area contributed by atoms with E-state index >= 15 is 0 Å². The lowest BCUT2D eigenvalue weighted by Crippen LogP contribution is -2.18. The van der Waals surface area contributed by atoms with Crippen LogP contribution in [0.1, 0.15) is 35.2 Å². The Labute approximate surface area is 155 Å². The van der Waals surface area contributed by atoms with Gasteiger partial charge in [-0.3, -0.25) is 9.36 Å². The SMILES string of the molecule is COc1cc(OC)c(C(=O)C(CC(C)P=O)c2ccccc2)c(OC)c1. The van der Waals surface area contributed by atoms with Crippen molar-refractivity contribution in [1.29, 1.82) is 0 Å². The first-order chi connectivity index (χ1) is 12.5. The maximum Gasteiger partial charge on any atom is 0.177 e. The van der Waals surface area contributed by atoms with Gasteiger partial charge in [-0.1, -0.05) is 37.3 Å². The molecule has 0 aliphatic carbocycles. The van der Waals surface area contributed by atoms with E-state index in [1.54, 1.807) is 12.1 Å². The second-order valence-electron chi connectivity index (χ2n) is 5.92. The molecule has 2 atom stereocenters. The van der Waals surface area contributed by atoms with Crippen LogP contribution < -0.4 is 14.2 Å². The van der Waals surface area contributed by atoms with E-state index in [1.807, 2.05) is 37.3 Å². The van der Waals surface area contributed by atoms with Crippen LogP contribution in [0.3, 0.4) is 0 Å². The lowest BCUT2D eigenvalue weighted by atomic mass is 9.86. The number of hydrogen-bond acceptors (Lipinski definition) is 5. The molecule has 0 saturated heterocycles. The summed E-state index contributed by atoms with van der Waals surface area (Å²) in [6, 6.07) is 12.8. The Morgan fingerprint density at radius 3 is 2.04 bits per heavy atom. The summed E-state index contributed by atoms with van der Waals surface area (Å²) in [5.41, 5.74) is 1.08. The van der Waals surface area contributed by atoms with Gasteiger partial charge in [-0.2, -0.15) is 0 Å². The van der Waals surface area contributed by atoms with Crippen LogP contribution in [0.5, 0.6) is 17.2 Å². The molecule has 0 aliphatic heterocycles. The highest BCUT2D eigenvalue weighted by Gasteiger charge is 2.30. The van der Waals surface area contributed by atoms with E-state index in [0.29, 0.717) is 29.2 Å². The van der Waals surface area contributed by atoms with Gasteiger partial charge in [-0.25, -0.2) is 0 Å². The van der Waals surface area contributed by atoms with Crippen LogP contribution in [0.25, 0.3) is 0 Å². The van der Waals surface area contributed by atoms with Gasteiger partial charge in [0.05, 0.1) is 21.3 Å². The first kappa shape index (κ1) is 19.9. The average molecular weight is 374 g/mol. The molecule has 0 bridgehead atoms. The highest BCUT2D eigenvalue weighted by Crippen LogP contribution is 2.39. The molecule has 2 rings (SSSR count). The molecule has 138 valence electrons. The Hall–Kier alpha value is -2.39. The molecule has 0 radical (unpaired) electrons. The lowest BCUT2D eigenvalue weighted by Gasteiger charge is -2.21. The van der Waals surface area contributed by atoms with Gasteiger partial charge >= 0.3 is 0 Å². The van der Waals surface area contributed by atoms with Gasteiger partial charge in [0.15, 0.2) is 14.2 Å². The molecule has 0 amide bonds. The van der Waals surface area contributed by atoms with Gasteiger partial charge < -0.3 is 14.2 Å². The monoisotopic (exact) mass is 374 g/mol. The number of ether oxygens (including phenoxy) is 3. The van der Waals surface area contributed by atoms with Crippen molar-refractivity contribution in [1.82, 2.24) is 0 Å². The van der Waals surface area contributed by atoms with E-state index < -0.39 is 5.92 Å². The summed E-state index contributed by atoms with van der Waals surface area (Å²) in [5, 5.41) is 0. The molecule has 2 aromatic carbocycles. The normalized spacial score (nSPS) is 13.1. The fourth-order valence-electron chi connectivity index (χ4n) is 2.89. The fraction of sp³-hybridized carbons (Fsp3) is 0.350. The zero-order valence-electron chi connectivity index (χ0n) is 15.4. The van der Waals surface area contributed by atoms with Crippen LogP contribution in [-0.4, -0.2) is 32.8 Å². The van der Waals surface area contributed by atoms with Gasteiger partial charge in [0.25, 0.3) is 0 Å². The largest absolute Gasteiger partial charge is 0.496 e. The van der Waals surface area contributed by atoms with Gasteiger partial charge in [0, 0.05) is 23.7 Å². The number of hydrogen-bond donors (Lipinski definition) is 0. The summed E-state index contributed by atoms with van der Waals surface area (Å²) in [5.74, 6) is 0.726. The fourth-order valence-corrected chi connectivity index (χ4v) is 3.18. The Kier molecular flexibility index (Phi) is 7.16. The molecule has 0 saturated carbocycles. The first-order valence-corrected chi connectivity index (χ1v) is 9.15. The molecule has 0 heterocycles. The highest BCUT2D eigenvalue weighted by atomic mass is 31.1. The molecule has 0 aliphatic rings. The second kappa shape index (κ2) is 9.35. The predicted molar refractivity (Wildman–Crippen MR) is 101 cm³/mol. The summed E-state index contributed by atoms with van der Waals surface area (Å²) >= 11 is 0. The van der Waals surface area contributed by atoms with Crippen LogP contribution >= 0.6 is 8.46 Å². The van der Waals surface area contributed by atoms with E-state index in [4.69, 9.17) is 14.2 Å². The number of carbonyl (C=O) groups is 1. The summed E-state index contributed by atoms with van der Waals surface area (Å²) in [4.78, 5) is 13.4. The predicted octanol–water partition coefficient (Wildman–Crippen LogP) is 4.75. The van der Waals surface area contributed by atoms with E-state index in [0.717, 1.165) is 5.56 Å². The van der Waals surface area contributed by atoms with Crippen molar-refractivity contribution in [3.05, 3.63) is 53.6 Å². The smallest absolute Gasteiger partial charge is 0.177 e. The third-order valence-electron chi connectivity index (χ3n) is 4.24. The quantitative estimate of drug-likeness (QED) is 0.468. The van der Waals surface area contributed by atoms with Crippen molar-refractivity contribution in [3.63, 3.8) is 0 Å². The summed E-state index contributed by atoms with van der Waals surface area (Å²) in [6.07, 6.45) is 0.451. The molecule has 2 aromatic rings. The molecule has 0 fully saturated rings. The minimum Gasteiger partial charge on any atom is -0.496 e. The van der Waals surface area contributed by atoms with Gasteiger partial charge in [-0.05, 0) is 12.0 Å². The number of carbonyl (C=O) groups excluding carboxylic acids is 1. The Bertz CT molecular complexity index is 735. The van der Waals surface area contributed by atoms with Crippen molar-refractivity contribution in [3.8, 4) is 17.2 Å². The summed E-state index contributed by atoms with van der Waals surface area (Å²) in [6.45, 7) is 1.85. The minimum atomic E-state index is -0.455. The van der Waals surface area contributed by atoms with E-state index in [1.165, 1.54) is 21.3 Å². The van der Waals surface area contributed by atoms with Gasteiger partial charge in [0.2, 0.25) is 0 Å². The Morgan fingerprint density at radius 2 is 1.58 bits per heavy atom. The third kappa shape index (κ3) is 4.41. The minimum absolute atomic E-state index is 0.0148. The molecule has 0 aromatic heterocycles. The molecule has 6 heteroatoms. The molecule has 5 nitrogen and oxygen atoms in total. The second-order valence-corrected chi connectivity index (χ2v) is 7.02. The van der Waals surface area contributed by atoms with E-state index in [2.05, 4.69) is 0 Å². The third-order valence-corrected chi connectivity index (χ3v) is 4.81. The summed E-state index contributed by atoms with van der Waals surface area (Å²) in [7, 11) is 4.56. The Balaban J connectivity index is 2.56. The lowest BCUT2D eigenvalue weighted by molar-refractivity contribution is 0.0948. The van der Waals surface area contributed by atoms with Gasteiger partial charge in [-0.15, -0.1) is 0 Å². The molecule has 0 N–H and O–H groups in total. The van der Waals surface area contributed by atoms with Crippen LogP contribution in [0.15, 0.2) is 42.5 Å². The maximum absolute atomic E-state index is 13.4. The van der Waals surface area contributed by atoms with Crippen molar-refractivity contribution < 1.29 is 23.6 Å². The average Bonchev–Trinajstić information content (AvgIpc) is 2.70. The van der Waals surface area contributed by atoms with Crippen molar-refractivity contribution in [2.45, 2.75) is 24.9 Å². The van der Waals surface area contributed by atoms with E-state index in [9.17, 15) is 9.36 Å². The van der Waals surface area contributed by atoms with Crippen LogP contribution in [0, 0.1) is 0 Å². The molecule has 0 spiro atoms. The molecule has 2 unspecified atom stereocenters. The molecular formula is C20H23O5P. The summed E-state index contributed by atoms with van der Waals surface area (Å²) < 4.78 is 27.4. The first-order valence-electron chi connectivity index (χ1n) is 8.27. The standard InChI is InChI=1S/C20H23O5P/c1-13(26-22)10-16(14-8-6-5-7-9-14)20(21)19-17(24-3)11-15(23-2)12-18(19)25-4/h5-9,11-13,16H,10H2,1-4H3. The Morgan fingerprint density at radius 1 is 1.00 bits per heavy atom. The number of rotatable bonds is 9. The van der Waals surface area contributed by atoms with Crippen molar-refractivity contribution in [2.24, 2.45) is 0 Å². The highest BCUT2D eigenvalue weighted by molar-refractivity contribution is 7.24. The van der Waals surface area contributed by atoms with E-state index in [-0.39, 0.29) is 19.9 Å². The molecular weight excluding hydrogens is 351 g/mol. The topological polar surface area (TPSA) is 61.8 Å². The zero-order valence-corrected chi connectivity index (χ0v) is 16.3. The zero-order chi connectivity index (χ0) is 19.1. The maximum atomic E-state index is 13.4. The number of methoxy groups -OCH3 is 3. The van der Waals surface area contributed by atoms with Gasteiger partial charge in [0.1, 0.15) is 22.8 Å². The van der Waals surface area contributed by atoms with Crippen LogP contribution in [0.2, 0.25) is 0 Å². The van der Waals surface area contributed by atoms with Crippen molar-refractivity contribution >= 4 is 14.2 Å².